The third-order valence-electron chi connectivity index (χ3n) is 3.38. The van der Waals surface area contributed by atoms with E-state index < -0.39 is 7.82 Å². The highest BCUT2D eigenvalue weighted by molar-refractivity contribution is 7.45. The summed E-state index contributed by atoms with van der Waals surface area (Å²) in [7, 11) is -1.50. The molecular formula is C13H32NO6P. The lowest BCUT2D eigenvalue weighted by atomic mass is 9.92. The number of methoxy groups -OCH3 is 1. The summed E-state index contributed by atoms with van der Waals surface area (Å²) in [5.41, 5.74) is 4.50. The van der Waals surface area contributed by atoms with Crippen molar-refractivity contribution in [2.24, 2.45) is 0 Å². The predicted octanol–water partition coefficient (Wildman–Crippen LogP) is 0.978. The van der Waals surface area contributed by atoms with Crippen LogP contribution >= 0.6 is 7.82 Å². The molecule has 1 atom stereocenters. The zero-order chi connectivity index (χ0) is 16.8. The quantitative estimate of drug-likeness (QED) is 0.447. The second-order valence-corrected chi connectivity index (χ2v) is 6.15. The molecule has 3 N–H and O–H groups in total. The molecule has 0 heterocycles. The van der Waals surface area contributed by atoms with Crippen molar-refractivity contribution in [3.05, 3.63) is 0 Å². The molecule has 7 nitrogen and oxygen atoms in total. The van der Waals surface area contributed by atoms with Crippen LogP contribution in [-0.2, 0) is 23.1 Å². The van der Waals surface area contributed by atoms with E-state index >= 15 is 0 Å². The van der Waals surface area contributed by atoms with Crippen LogP contribution in [0.5, 0.6) is 0 Å². The van der Waals surface area contributed by atoms with Gasteiger partial charge in [-0.1, -0.05) is 20.8 Å². The summed E-state index contributed by atoms with van der Waals surface area (Å²) in [4.78, 5) is 10.6. The Bertz CT molecular complexity index is 265. The molecule has 0 aromatic heterocycles. The molecule has 0 aliphatic carbocycles. The van der Waals surface area contributed by atoms with E-state index in [9.17, 15) is 9.46 Å². The lowest BCUT2D eigenvalue weighted by Crippen LogP contribution is -2.71. The Kier molecular flexibility index (Phi) is 15.1. The van der Waals surface area contributed by atoms with Crippen molar-refractivity contribution in [3.8, 4) is 0 Å². The van der Waals surface area contributed by atoms with Crippen molar-refractivity contribution in [3.63, 3.8) is 0 Å². The Morgan fingerprint density at radius 1 is 1.00 bits per heavy atom. The normalized spacial score (nSPS) is 14.2. The van der Waals surface area contributed by atoms with E-state index in [1.54, 1.807) is 7.11 Å². The molecule has 0 aliphatic heterocycles. The van der Waals surface area contributed by atoms with Crippen LogP contribution < -0.4 is 10.6 Å². The van der Waals surface area contributed by atoms with Gasteiger partial charge in [-0.15, -0.1) is 0 Å². The van der Waals surface area contributed by atoms with Crippen LogP contribution in [0.15, 0.2) is 0 Å². The fourth-order valence-electron chi connectivity index (χ4n) is 1.26. The van der Waals surface area contributed by atoms with E-state index in [0.717, 1.165) is 7.11 Å². The van der Waals surface area contributed by atoms with Crippen LogP contribution in [-0.4, -0.2) is 46.2 Å². The smallest absolute Gasteiger partial charge is 0.267 e. The van der Waals surface area contributed by atoms with Gasteiger partial charge in [-0.3, -0.25) is 4.57 Å². The Hall–Kier alpha value is -0.0100. The lowest BCUT2D eigenvalue weighted by molar-refractivity contribution is -0.480. The van der Waals surface area contributed by atoms with Crippen molar-refractivity contribution in [1.82, 2.24) is 0 Å². The largest absolute Gasteiger partial charge is 0.756 e. The minimum Gasteiger partial charge on any atom is -0.756 e. The first kappa shape index (κ1) is 23.3. The highest BCUT2D eigenvalue weighted by Gasteiger charge is 2.20. The van der Waals surface area contributed by atoms with Crippen LogP contribution in [0.1, 0.15) is 40.0 Å². The molecule has 0 radical (unpaired) electrons. The minimum atomic E-state index is -4.09. The monoisotopic (exact) mass is 329 g/mol. The summed E-state index contributed by atoms with van der Waals surface area (Å²) in [5.74, 6) is 0. The zero-order valence-corrected chi connectivity index (χ0v) is 14.9. The molecule has 0 rings (SSSR count). The van der Waals surface area contributed by atoms with Gasteiger partial charge in [-0.25, -0.2) is 0 Å². The van der Waals surface area contributed by atoms with Gasteiger partial charge in [0.25, 0.3) is 7.82 Å². The fraction of sp³-hybridized carbons (Fsp3) is 1.00. The Labute approximate surface area is 128 Å². The number of hydrogen-bond donors (Lipinski definition) is 1. The van der Waals surface area contributed by atoms with Gasteiger partial charge in [-0.05, 0) is 19.3 Å². The molecule has 0 aliphatic rings. The summed E-state index contributed by atoms with van der Waals surface area (Å²) in [6, 6.07) is 0. The molecule has 0 fully saturated rings. The molecule has 0 spiro atoms. The topological polar surface area (TPSA) is 105 Å². The number of phosphoric ester groups is 1. The van der Waals surface area contributed by atoms with Crippen LogP contribution in [0, 0.1) is 0 Å². The van der Waals surface area contributed by atoms with Crippen LogP contribution in [0.25, 0.3) is 0 Å². The van der Waals surface area contributed by atoms with E-state index in [-0.39, 0.29) is 13.2 Å². The first-order valence-electron chi connectivity index (χ1n) is 7.24. The number of ether oxygens (including phenoxy) is 2. The maximum absolute atomic E-state index is 10.6. The third kappa shape index (κ3) is 14.7. The van der Waals surface area contributed by atoms with Gasteiger partial charge in [0.1, 0.15) is 0 Å². The number of hydrogen-bond acceptors (Lipinski definition) is 6. The first-order valence-corrected chi connectivity index (χ1v) is 8.70. The minimum absolute atomic E-state index is 0.0433. The molecule has 21 heavy (non-hydrogen) atoms. The summed E-state index contributed by atoms with van der Waals surface area (Å²) in [6.45, 7) is 7.66. The molecule has 0 aromatic carbocycles. The average molecular weight is 329 g/mol. The summed E-state index contributed by atoms with van der Waals surface area (Å²) < 4.78 is 28.7. The number of quaternary nitrogens is 1. The van der Waals surface area contributed by atoms with E-state index in [1.165, 1.54) is 19.3 Å². The van der Waals surface area contributed by atoms with Crippen LogP contribution in [0.4, 0.5) is 0 Å². The first-order chi connectivity index (χ1) is 9.80. The molecule has 0 aromatic rings. The third-order valence-corrected chi connectivity index (χ3v) is 4.33. The van der Waals surface area contributed by atoms with Gasteiger partial charge in [-0.2, -0.15) is 0 Å². The maximum atomic E-state index is 10.6. The Morgan fingerprint density at radius 3 is 1.81 bits per heavy atom. The van der Waals surface area contributed by atoms with E-state index in [1.807, 2.05) is 0 Å². The number of rotatable bonds is 11. The summed E-state index contributed by atoms with van der Waals surface area (Å²) in [5, 5.41) is 0. The lowest BCUT2D eigenvalue weighted by Gasteiger charge is -2.19. The predicted molar refractivity (Wildman–Crippen MR) is 79.8 cm³/mol. The van der Waals surface area contributed by atoms with Gasteiger partial charge in [0, 0.05) is 14.2 Å². The Morgan fingerprint density at radius 2 is 1.48 bits per heavy atom. The van der Waals surface area contributed by atoms with Crippen LogP contribution in [0.3, 0.4) is 0 Å². The molecule has 1 unspecified atom stereocenters. The van der Waals surface area contributed by atoms with Crippen molar-refractivity contribution in [2.75, 3.05) is 40.6 Å². The zero-order valence-electron chi connectivity index (χ0n) is 14.1. The van der Waals surface area contributed by atoms with E-state index in [0.29, 0.717) is 18.8 Å². The molecule has 0 saturated heterocycles. The maximum Gasteiger partial charge on any atom is 0.267 e. The van der Waals surface area contributed by atoms with Gasteiger partial charge >= 0.3 is 0 Å². The fourth-order valence-corrected chi connectivity index (χ4v) is 1.66. The average Bonchev–Trinajstić information content (AvgIpc) is 2.50. The highest BCUT2D eigenvalue weighted by Crippen LogP contribution is 2.36. The molecule has 0 amide bonds. The highest BCUT2D eigenvalue weighted by atomic mass is 31.2. The number of phosphoric acid groups is 1. The Balaban J connectivity index is 0. The van der Waals surface area contributed by atoms with Crippen molar-refractivity contribution in [2.45, 2.75) is 45.6 Å². The molecular weight excluding hydrogens is 297 g/mol. The van der Waals surface area contributed by atoms with Crippen molar-refractivity contribution < 1.29 is 33.7 Å². The van der Waals surface area contributed by atoms with Gasteiger partial charge in [0.2, 0.25) is 0 Å². The standard InChI is InChI=1S/C7H17N.C6H15O6P/c1-4-7(8,5-2)6-3;1-9-3-4-11-5-6-12-13(7,8)10-2/h4-6,8H2,1-3H3;3-6H2,1-2H3,(H,7,8). The summed E-state index contributed by atoms with van der Waals surface area (Å²) in [6.07, 6.45) is 3.63. The van der Waals surface area contributed by atoms with Gasteiger partial charge in [0.15, 0.2) is 0 Å². The van der Waals surface area contributed by atoms with Crippen LogP contribution in [0.2, 0.25) is 0 Å². The SMILES string of the molecule is CCC([NH3+])(CC)CC.COCCOCCOP(=O)([O-])OC. The molecule has 8 heteroatoms. The summed E-state index contributed by atoms with van der Waals surface area (Å²) >= 11 is 0. The molecule has 130 valence electrons. The van der Waals surface area contributed by atoms with Crippen molar-refractivity contribution >= 4 is 7.82 Å². The van der Waals surface area contributed by atoms with Gasteiger partial charge in [0.05, 0.1) is 32.0 Å². The second kappa shape index (κ2) is 13.6. The second-order valence-electron chi connectivity index (χ2n) is 4.63. The van der Waals surface area contributed by atoms with Crippen molar-refractivity contribution in [1.29, 1.82) is 0 Å². The molecule has 0 saturated carbocycles. The molecule has 0 bridgehead atoms. The van der Waals surface area contributed by atoms with E-state index in [2.05, 4.69) is 35.6 Å². The van der Waals surface area contributed by atoms with E-state index in [4.69, 9.17) is 9.47 Å². The van der Waals surface area contributed by atoms with Gasteiger partial charge < -0.3 is 29.1 Å².